The van der Waals surface area contributed by atoms with Crippen LogP contribution >= 0.6 is 0 Å². The molecule has 1 aromatic carbocycles. The van der Waals surface area contributed by atoms with Crippen LogP contribution in [-0.2, 0) is 4.74 Å². The van der Waals surface area contributed by atoms with Crippen LogP contribution in [0.1, 0.15) is 25.5 Å². The number of nitrogens with one attached hydrogen (secondary N) is 1. The van der Waals surface area contributed by atoms with Crippen molar-refractivity contribution in [3.63, 3.8) is 0 Å². The summed E-state index contributed by atoms with van der Waals surface area (Å²) < 4.78 is 5.17. The molecule has 96 valence electrons. The summed E-state index contributed by atoms with van der Waals surface area (Å²) in [5, 5.41) is 3.24. The van der Waals surface area contributed by atoms with Crippen LogP contribution < -0.4 is 10.2 Å². The number of methoxy groups -OCH3 is 1. The summed E-state index contributed by atoms with van der Waals surface area (Å²) in [6.07, 6.45) is 0. The molecule has 0 radical (unpaired) electrons. The summed E-state index contributed by atoms with van der Waals surface area (Å²) in [4.78, 5) is 2.23. The van der Waals surface area contributed by atoms with Gasteiger partial charge in [-0.25, -0.2) is 0 Å². The monoisotopic (exact) mass is 236 g/mol. The van der Waals surface area contributed by atoms with Crippen LogP contribution in [0, 0.1) is 0 Å². The molecule has 1 N–H and O–H groups in total. The van der Waals surface area contributed by atoms with E-state index >= 15 is 0 Å². The summed E-state index contributed by atoms with van der Waals surface area (Å²) in [7, 11) is 5.81. The van der Waals surface area contributed by atoms with Gasteiger partial charge in [-0.2, -0.15) is 0 Å². The maximum Gasteiger partial charge on any atom is 0.0663 e. The van der Waals surface area contributed by atoms with E-state index in [4.69, 9.17) is 4.74 Å². The first-order chi connectivity index (χ1) is 8.10. The molecule has 0 fully saturated rings. The fraction of sp³-hybridized carbons (Fsp3) is 0.571. The molecule has 2 atom stereocenters. The van der Waals surface area contributed by atoms with Gasteiger partial charge >= 0.3 is 0 Å². The average Bonchev–Trinajstić information content (AvgIpc) is 2.37. The van der Waals surface area contributed by atoms with Crippen molar-refractivity contribution in [3.05, 3.63) is 29.8 Å². The summed E-state index contributed by atoms with van der Waals surface area (Å²) in [6, 6.07) is 9.45. The Morgan fingerprint density at radius 1 is 1.24 bits per heavy atom. The van der Waals surface area contributed by atoms with E-state index < -0.39 is 0 Å². The van der Waals surface area contributed by atoms with Gasteiger partial charge in [-0.3, -0.25) is 0 Å². The summed E-state index contributed by atoms with van der Waals surface area (Å²) in [5.41, 5.74) is 2.53. The van der Waals surface area contributed by atoms with Crippen molar-refractivity contribution < 1.29 is 4.74 Å². The zero-order valence-corrected chi connectivity index (χ0v) is 11.5. The van der Waals surface area contributed by atoms with Gasteiger partial charge in [-0.15, -0.1) is 0 Å². The van der Waals surface area contributed by atoms with Crippen LogP contribution in [0.2, 0.25) is 0 Å². The molecule has 0 aromatic heterocycles. The second-order valence-corrected chi connectivity index (χ2v) is 4.52. The quantitative estimate of drug-likeness (QED) is 0.821. The van der Waals surface area contributed by atoms with Crippen LogP contribution in [0.5, 0.6) is 0 Å². The molecule has 2 unspecified atom stereocenters. The molecule has 0 spiro atoms. The lowest BCUT2D eigenvalue weighted by molar-refractivity contribution is 0.183. The third-order valence-corrected chi connectivity index (χ3v) is 3.30. The molecule has 0 saturated carbocycles. The molecule has 17 heavy (non-hydrogen) atoms. The van der Waals surface area contributed by atoms with Crippen LogP contribution in [-0.4, -0.2) is 33.9 Å². The second kappa shape index (κ2) is 6.62. The van der Waals surface area contributed by atoms with Crippen LogP contribution in [0.15, 0.2) is 24.3 Å². The number of rotatable bonds is 6. The highest BCUT2D eigenvalue weighted by Crippen LogP contribution is 2.19. The van der Waals surface area contributed by atoms with Gasteiger partial charge in [0.25, 0.3) is 0 Å². The third-order valence-electron chi connectivity index (χ3n) is 3.30. The minimum atomic E-state index is 0.382. The van der Waals surface area contributed by atoms with Gasteiger partial charge in [0.15, 0.2) is 0 Å². The van der Waals surface area contributed by atoms with Gasteiger partial charge in [-0.1, -0.05) is 12.1 Å². The molecule has 1 aromatic rings. The van der Waals surface area contributed by atoms with Gasteiger partial charge in [0.2, 0.25) is 0 Å². The molecule has 3 heteroatoms. The number of hydrogen-bond donors (Lipinski definition) is 1. The van der Waals surface area contributed by atoms with E-state index in [0.29, 0.717) is 12.1 Å². The largest absolute Gasteiger partial charge is 0.383 e. The fourth-order valence-electron chi connectivity index (χ4n) is 1.77. The lowest BCUT2D eigenvalue weighted by atomic mass is 10.1. The highest BCUT2D eigenvalue weighted by atomic mass is 16.5. The van der Waals surface area contributed by atoms with Gasteiger partial charge in [0.1, 0.15) is 0 Å². The normalized spacial score (nSPS) is 14.4. The second-order valence-electron chi connectivity index (χ2n) is 4.52. The molecule has 3 nitrogen and oxygen atoms in total. The van der Waals surface area contributed by atoms with E-state index in [0.717, 1.165) is 6.61 Å². The Morgan fingerprint density at radius 3 is 2.29 bits per heavy atom. The maximum atomic E-state index is 5.17. The van der Waals surface area contributed by atoms with Gasteiger partial charge in [0, 0.05) is 31.9 Å². The molecule has 0 aliphatic carbocycles. The third kappa shape index (κ3) is 3.72. The Kier molecular flexibility index (Phi) is 5.45. The molecule has 1 rings (SSSR count). The van der Waals surface area contributed by atoms with Crippen molar-refractivity contribution in [2.75, 3.05) is 32.7 Å². The molecule has 0 saturated heterocycles. The molecular weight excluding hydrogens is 212 g/mol. The summed E-state index contributed by atoms with van der Waals surface area (Å²) >= 11 is 0. The summed E-state index contributed by atoms with van der Waals surface area (Å²) in [6.45, 7) is 5.06. The Bertz CT molecular complexity index is 323. The first-order valence-corrected chi connectivity index (χ1v) is 6.09. The zero-order valence-electron chi connectivity index (χ0n) is 11.5. The number of benzene rings is 1. The van der Waals surface area contributed by atoms with Crippen molar-refractivity contribution in [1.82, 2.24) is 5.32 Å². The van der Waals surface area contributed by atoms with E-state index in [-0.39, 0.29) is 0 Å². The standard InChI is InChI=1S/C14H24N2O/c1-11(10-17-5)16(4)14-8-6-13(7-9-14)12(2)15-3/h6-9,11-12,15H,10H2,1-5H3. The lowest BCUT2D eigenvalue weighted by Gasteiger charge is -2.26. The first kappa shape index (κ1) is 14.0. The predicted octanol–water partition coefficient (Wildman–Crippen LogP) is 2.44. The fourth-order valence-corrected chi connectivity index (χ4v) is 1.77. The summed E-state index contributed by atoms with van der Waals surface area (Å²) in [5.74, 6) is 0. The minimum Gasteiger partial charge on any atom is -0.383 e. The van der Waals surface area contributed by atoms with Crippen LogP contribution in [0.25, 0.3) is 0 Å². The van der Waals surface area contributed by atoms with Crippen molar-refractivity contribution >= 4 is 5.69 Å². The van der Waals surface area contributed by atoms with Crippen LogP contribution in [0.3, 0.4) is 0 Å². The van der Waals surface area contributed by atoms with E-state index in [9.17, 15) is 0 Å². The van der Waals surface area contributed by atoms with E-state index in [1.807, 2.05) is 7.05 Å². The number of hydrogen-bond acceptors (Lipinski definition) is 3. The molecule has 0 heterocycles. The Hall–Kier alpha value is -1.06. The van der Waals surface area contributed by atoms with Gasteiger partial charge in [0.05, 0.1) is 6.61 Å². The van der Waals surface area contributed by atoms with Crippen molar-refractivity contribution in [2.45, 2.75) is 25.9 Å². The number of nitrogens with zero attached hydrogens (tertiary/aromatic N) is 1. The molecule has 0 aliphatic heterocycles. The lowest BCUT2D eigenvalue weighted by Crippen LogP contribution is -2.32. The predicted molar refractivity (Wildman–Crippen MR) is 73.7 cm³/mol. The van der Waals surface area contributed by atoms with Gasteiger partial charge < -0.3 is 15.0 Å². The number of ether oxygens (including phenoxy) is 1. The smallest absolute Gasteiger partial charge is 0.0663 e. The van der Waals surface area contributed by atoms with E-state index in [2.05, 4.69) is 55.4 Å². The number of anilines is 1. The van der Waals surface area contributed by atoms with E-state index in [1.54, 1.807) is 7.11 Å². The molecule has 0 aliphatic rings. The Morgan fingerprint density at radius 2 is 1.82 bits per heavy atom. The van der Waals surface area contributed by atoms with E-state index in [1.165, 1.54) is 11.3 Å². The highest BCUT2D eigenvalue weighted by Gasteiger charge is 2.10. The average molecular weight is 236 g/mol. The highest BCUT2D eigenvalue weighted by molar-refractivity contribution is 5.48. The molecule has 0 bridgehead atoms. The van der Waals surface area contributed by atoms with Crippen molar-refractivity contribution in [1.29, 1.82) is 0 Å². The topological polar surface area (TPSA) is 24.5 Å². The number of likely N-dealkylation sites (N-methyl/N-ethyl adjacent to an activating group) is 1. The SMILES string of the molecule is CNC(C)c1ccc(N(C)C(C)COC)cc1. The first-order valence-electron chi connectivity index (χ1n) is 6.09. The molecular formula is C14H24N2O. The molecule has 0 amide bonds. The maximum absolute atomic E-state index is 5.17. The van der Waals surface area contributed by atoms with Crippen molar-refractivity contribution in [3.8, 4) is 0 Å². The van der Waals surface area contributed by atoms with Crippen LogP contribution in [0.4, 0.5) is 5.69 Å². The van der Waals surface area contributed by atoms with Crippen molar-refractivity contribution in [2.24, 2.45) is 0 Å². The Labute approximate surface area is 105 Å². The zero-order chi connectivity index (χ0) is 12.8. The minimum absolute atomic E-state index is 0.382. The van der Waals surface area contributed by atoms with Gasteiger partial charge in [-0.05, 0) is 38.6 Å². The Balaban J connectivity index is 2.73.